The zero-order chi connectivity index (χ0) is 15.2. The summed E-state index contributed by atoms with van der Waals surface area (Å²) in [7, 11) is 0. The lowest BCUT2D eigenvalue weighted by atomic mass is 10.1. The number of nitrogens with one attached hydrogen (secondary N) is 2. The number of fused-ring (bicyclic) bond motifs is 1. The molecular formula is C16H18N2O2S. The SMILES string of the molecule is CCNC(=O)NC(=O)[C@@H](C)Sc1ccc2ccccc2c1. The zero-order valence-electron chi connectivity index (χ0n) is 12.1. The standard InChI is InChI=1S/C16H18N2O2S/c1-3-17-16(20)18-15(19)11(2)21-14-9-8-12-6-4-5-7-13(12)10-14/h4-11H,3H2,1-2H3,(H2,17,18,19,20)/t11-/m1/s1. The van der Waals surface area contributed by atoms with E-state index in [2.05, 4.69) is 22.8 Å². The molecule has 3 amide bonds. The first kappa shape index (κ1) is 15.4. The normalized spacial score (nSPS) is 11.9. The number of hydrogen-bond donors (Lipinski definition) is 2. The van der Waals surface area contributed by atoms with Gasteiger partial charge < -0.3 is 5.32 Å². The minimum atomic E-state index is -0.450. The van der Waals surface area contributed by atoms with Gasteiger partial charge in [0.05, 0.1) is 5.25 Å². The molecule has 0 fully saturated rings. The van der Waals surface area contributed by atoms with E-state index in [0.717, 1.165) is 10.3 Å². The number of urea groups is 1. The number of thioether (sulfide) groups is 1. The van der Waals surface area contributed by atoms with Gasteiger partial charge in [0.1, 0.15) is 0 Å². The van der Waals surface area contributed by atoms with E-state index in [1.807, 2.05) is 30.3 Å². The molecule has 0 saturated heterocycles. The summed E-state index contributed by atoms with van der Waals surface area (Å²) in [5.74, 6) is -0.292. The molecule has 0 bridgehead atoms. The van der Waals surface area contributed by atoms with Crippen LogP contribution in [-0.2, 0) is 4.79 Å². The zero-order valence-corrected chi connectivity index (χ0v) is 12.9. The van der Waals surface area contributed by atoms with Crippen molar-refractivity contribution in [3.05, 3.63) is 42.5 Å². The van der Waals surface area contributed by atoms with Crippen LogP contribution in [0.2, 0.25) is 0 Å². The molecule has 0 heterocycles. The highest BCUT2D eigenvalue weighted by molar-refractivity contribution is 8.00. The third kappa shape index (κ3) is 4.23. The predicted octanol–water partition coefficient (Wildman–Crippen LogP) is 3.17. The maximum absolute atomic E-state index is 11.9. The van der Waals surface area contributed by atoms with Crippen molar-refractivity contribution in [2.24, 2.45) is 0 Å². The average molecular weight is 302 g/mol. The number of carbonyl (C=O) groups excluding carboxylic acids is 2. The summed E-state index contributed by atoms with van der Waals surface area (Å²) in [6.45, 7) is 4.08. The van der Waals surface area contributed by atoms with E-state index >= 15 is 0 Å². The van der Waals surface area contributed by atoms with Crippen molar-refractivity contribution in [1.82, 2.24) is 10.6 Å². The summed E-state index contributed by atoms with van der Waals surface area (Å²) < 4.78 is 0. The van der Waals surface area contributed by atoms with E-state index in [1.54, 1.807) is 13.8 Å². The molecule has 21 heavy (non-hydrogen) atoms. The molecule has 2 aromatic carbocycles. The maximum Gasteiger partial charge on any atom is 0.321 e. The Morgan fingerprint density at radius 2 is 1.86 bits per heavy atom. The summed E-state index contributed by atoms with van der Waals surface area (Å²) in [6.07, 6.45) is 0. The topological polar surface area (TPSA) is 58.2 Å². The number of carbonyl (C=O) groups is 2. The first-order valence-corrected chi connectivity index (χ1v) is 7.72. The van der Waals surface area contributed by atoms with Crippen LogP contribution in [0, 0.1) is 0 Å². The molecule has 0 saturated carbocycles. The smallest absolute Gasteiger partial charge is 0.321 e. The van der Waals surface area contributed by atoms with Gasteiger partial charge in [-0.1, -0.05) is 30.3 Å². The summed E-state index contributed by atoms with van der Waals surface area (Å²) in [5, 5.41) is 6.83. The molecule has 2 N–H and O–H groups in total. The second-order valence-electron chi connectivity index (χ2n) is 4.62. The molecule has 1 atom stereocenters. The molecule has 0 unspecified atom stereocenters. The number of rotatable bonds is 4. The Bertz CT molecular complexity index is 658. The van der Waals surface area contributed by atoms with Crippen molar-refractivity contribution in [1.29, 1.82) is 0 Å². The molecule has 0 radical (unpaired) electrons. The fourth-order valence-corrected chi connectivity index (χ4v) is 2.83. The van der Waals surface area contributed by atoms with Crippen molar-refractivity contribution in [3.8, 4) is 0 Å². The molecule has 0 aliphatic rings. The van der Waals surface area contributed by atoms with Gasteiger partial charge >= 0.3 is 6.03 Å². The van der Waals surface area contributed by atoms with E-state index in [-0.39, 0.29) is 11.2 Å². The third-order valence-corrected chi connectivity index (χ3v) is 4.07. The fraction of sp³-hybridized carbons (Fsp3) is 0.250. The Hall–Kier alpha value is -2.01. The van der Waals surface area contributed by atoms with Gasteiger partial charge in [0.25, 0.3) is 0 Å². The van der Waals surface area contributed by atoms with E-state index < -0.39 is 6.03 Å². The Balaban J connectivity index is 2.01. The van der Waals surface area contributed by atoms with Gasteiger partial charge in [0, 0.05) is 11.4 Å². The molecule has 0 aliphatic heterocycles. The number of imide groups is 1. The van der Waals surface area contributed by atoms with E-state index in [4.69, 9.17) is 0 Å². The summed E-state index contributed by atoms with van der Waals surface area (Å²) >= 11 is 1.43. The van der Waals surface area contributed by atoms with Crippen LogP contribution in [0.5, 0.6) is 0 Å². The van der Waals surface area contributed by atoms with E-state index in [0.29, 0.717) is 6.54 Å². The molecule has 110 valence electrons. The van der Waals surface area contributed by atoms with Crippen molar-refractivity contribution in [2.45, 2.75) is 24.0 Å². The van der Waals surface area contributed by atoms with Crippen LogP contribution in [0.3, 0.4) is 0 Å². The van der Waals surface area contributed by atoms with Gasteiger partial charge in [0.15, 0.2) is 0 Å². The Labute approximate surface area is 128 Å². The molecule has 0 spiro atoms. The quantitative estimate of drug-likeness (QED) is 0.853. The number of amides is 3. The lowest BCUT2D eigenvalue weighted by Crippen LogP contribution is -2.42. The second kappa shape index (κ2) is 7.13. The average Bonchev–Trinajstić information content (AvgIpc) is 2.47. The van der Waals surface area contributed by atoms with Gasteiger partial charge in [-0.05, 0) is 36.8 Å². The molecule has 0 aliphatic carbocycles. The minimum Gasteiger partial charge on any atom is -0.338 e. The van der Waals surface area contributed by atoms with Crippen molar-refractivity contribution >= 4 is 34.5 Å². The van der Waals surface area contributed by atoms with E-state index in [1.165, 1.54) is 17.1 Å². The van der Waals surface area contributed by atoms with Crippen LogP contribution >= 0.6 is 11.8 Å². The molecule has 2 rings (SSSR count). The lowest BCUT2D eigenvalue weighted by molar-refractivity contribution is -0.119. The molecule has 5 heteroatoms. The fourth-order valence-electron chi connectivity index (χ4n) is 1.92. The van der Waals surface area contributed by atoms with Gasteiger partial charge in [0.2, 0.25) is 5.91 Å². The van der Waals surface area contributed by atoms with Crippen molar-refractivity contribution in [3.63, 3.8) is 0 Å². The first-order chi connectivity index (χ1) is 10.1. The van der Waals surface area contributed by atoms with E-state index in [9.17, 15) is 9.59 Å². The first-order valence-electron chi connectivity index (χ1n) is 6.84. The van der Waals surface area contributed by atoms with Gasteiger partial charge in [-0.2, -0.15) is 0 Å². The van der Waals surface area contributed by atoms with Crippen LogP contribution < -0.4 is 10.6 Å². The Morgan fingerprint density at radius 1 is 1.14 bits per heavy atom. The summed E-state index contributed by atoms with van der Waals surface area (Å²) in [5.41, 5.74) is 0. The van der Waals surface area contributed by atoms with Gasteiger partial charge in [-0.25, -0.2) is 4.79 Å². The molecule has 0 aromatic heterocycles. The lowest BCUT2D eigenvalue weighted by Gasteiger charge is -2.12. The predicted molar refractivity (Wildman–Crippen MR) is 86.5 cm³/mol. The van der Waals surface area contributed by atoms with Gasteiger partial charge in [-0.3, -0.25) is 10.1 Å². The summed E-state index contributed by atoms with van der Waals surface area (Å²) in [4.78, 5) is 24.2. The van der Waals surface area contributed by atoms with Crippen LogP contribution in [0.4, 0.5) is 4.79 Å². The number of benzene rings is 2. The highest BCUT2D eigenvalue weighted by Gasteiger charge is 2.16. The monoisotopic (exact) mass is 302 g/mol. The van der Waals surface area contributed by atoms with Crippen LogP contribution in [-0.4, -0.2) is 23.7 Å². The minimum absolute atomic E-state index is 0.292. The van der Waals surface area contributed by atoms with Gasteiger partial charge in [-0.15, -0.1) is 11.8 Å². The largest absolute Gasteiger partial charge is 0.338 e. The van der Waals surface area contributed by atoms with Crippen molar-refractivity contribution in [2.75, 3.05) is 6.54 Å². The summed E-state index contributed by atoms with van der Waals surface area (Å²) in [6, 6.07) is 13.7. The highest BCUT2D eigenvalue weighted by Crippen LogP contribution is 2.26. The molecule has 2 aromatic rings. The molecular weight excluding hydrogens is 284 g/mol. The maximum atomic E-state index is 11.9. The van der Waals surface area contributed by atoms with Crippen LogP contribution in [0.15, 0.2) is 47.4 Å². The Morgan fingerprint density at radius 3 is 2.57 bits per heavy atom. The van der Waals surface area contributed by atoms with Crippen molar-refractivity contribution < 1.29 is 9.59 Å². The Kier molecular flexibility index (Phi) is 5.22. The van der Waals surface area contributed by atoms with Crippen LogP contribution in [0.1, 0.15) is 13.8 Å². The third-order valence-electron chi connectivity index (χ3n) is 2.98. The highest BCUT2D eigenvalue weighted by atomic mass is 32.2. The van der Waals surface area contributed by atoms with Crippen LogP contribution in [0.25, 0.3) is 10.8 Å². The number of hydrogen-bond acceptors (Lipinski definition) is 3. The second-order valence-corrected chi connectivity index (χ2v) is 6.03. The molecule has 4 nitrogen and oxygen atoms in total.